The van der Waals surface area contributed by atoms with Crippen molar-refractivity contribution in [1.29, 1.82) is 0 Å². The summed E-state index contributed by atoms with van der Waals surface area (Å²) in [4.78, 5) is 19.6. The number of amides is 1. The highest BCUT2D eigenvalue weighted by molar-refractivity contribution is 6.01. The minimum atomic E-state index is -1.37. The van der Waals surface area contributed by atoms with E-state index in [9.17, 15) is 4.79 Å². The van der Waals surface area contributed by atoms with Gasteiger partial charge in [-0.3, -0.25) is 4.79 Å². The third-order valence-electron chi connectivity index (χ3n) is 7.90. The summed E-state index contributed by atoms with van der Waals surface area (Å²) in [7, 11) is 4.78. The molecule has 0 unspecified atom stereocenters. The molecule has 244 valence electrons. The van der Waals surface area contributed by atoms with Crippen molar-refractivity contribution >= 4 is 17.9 Å². The van der Waals surface area contributed by atoms with Crippen LogP contribution in [0.15, 0.2) is 108 Å². The fourth-order valence-corrected chi connectivity index (χ4v) is 5.39. The number of benzene rings is 4. The zero-order valence-electron chi connectivity index (χ0n) is 26.8. The van der Waals surface area contributed by atoms with E-state index in [-0.39, 0.29) is 25.5 Å². The molecule has 0 radical (unpaired) electrons. The summed E-state index contributed by atoms with van der Waals surface area (Å²) in [6, 6.07) is 30.2. The van der Waals surface area contributed by atoms with Crippen LogP contribution in [0.1, 0.15) is 41.2 Å². The molecule has 2 atom stereocenters. The van der Waals surface area contributed by atoms with Crippen LogP contribution in [0.3, 0.4) is 0 Å². The van der Waals surface area contributed by atoms with E-state index in [2.05, 4.69) is 5.32 Å². The summed E-state index contributed by atoms with van der Waals surface area (Å²) in [6.07, 6.45) is 3.96. The second kappa shape index (κ2) is 15.8. The maximum atomic E-state index is 14.6. The number of nitrogens with zero attached hydrogens (tertiary/aromatic N) is 1. The van der Waals surface area contributed by atoms with Gasteiger partial charge in [-0.1, -0.05) is 54.6 Å². The van der Waals surface area contributed by atoms with Gasteiger partial charge in [-0.05, 0) is 59.7 Å². The van der Waals surface area contributed by atoms with Gasteiger partial charge in [0.15, 0.2) is 11.6 Å². The van der Waals surface area contributed by atoms with E-state index >= 15 is 0 Å². The van der Waals surface area contributed by atoms with Crippen LogP contribution in [0.5, 0.6) is 23.0 Å². The standard InChI is InChI=1S/C38H40N2O7/c1-43-32-14-7-13-29(24-32)35-38(21-8-12-27-10-5-4-6-11-27,37(42)39-26-30-17-20-33(44-2)25-34(30)45-3)40-36(47-35)28-15-18-31(19-16-28)46-23-9-22-41/h4-8,10-20,24-25,35,41H,9,21-23,26H2,1-3H3,(H,39,42)/b12-8+/t35-,38-/m1/s1. The van der Waals surface area contributed by atoms with Gasteiger partial charge in [0.1, 0.15) is 23.0 Å². The lowest BCUT2D eigenvalue weighted by molar-refractivity contribution is -0.129. The van der Waals surface area contributed by atoms with Gasteiger partial charge >= 0.3 is 0 Å². The Morgan fingerprint density at radius 3 is 2.36 bits per heavy atom. The Balaban J connectivity index is 1.54. The smallest absolute Gasteiger partial charge is 0.252 e. The van der Waals surface area contributed by atoms with Gasteiger partial charge in [0.2, 0.25) is 5.90 Å². The zero-order valence-corrected chi connectivity index (χ0v) is 26.8. The van der Waals surface area contributed by atoms with E-state index in [0.29, 0.717) is 47.5 Å². The second-order valence-corrected chi connectivity index (χ2v) is 10.9. The molecule has 4 aromatic carbocycles. The number of nitrogens with one attached hydrogen (secondary N) is 1. The summed E-state index contributed by atoms with van der Waals surface area (Å²) in [5.74, 6) is 2.58. The first-order valence-corrected chi connectivity index (χ1v) is 15.4. The first-order valence-electron chi connectivity index (χ1n) is 15.4. The molecule has 47 heavy (non-hydrogen) atoms. The number of aliphatic hydroxyl groups excluding tert-OH is 1. The van der Waals surface area contributed by atoms with Crippen LogP contribution in [-0.4, -0.2) is 57.0 Å². The normalized spacial score (nSPS) is 17.1. The predicted octanol–water partition coefficient (Wildman–Crippen LogP) is 6.15. The molecule has 0 saturated carbocycles. The van der Waals surface area contributed by atoms with Gasteiger partial charge in [0, 0.05) is 43.2 Å². The number of aliphatic imine (C=N–C) groups is 1. The maximum Gasteiger partial charge on any atom is 0.252 e. The first kappa shape index (κ1) is 33.1. The largest absolute Gasteiger partial charge is 0.497 e. The molecule has 1 aliphatic rings. The van der Waals surface area contributed by atoms with Crippen LogP contribution in [0.25, 0.3) is 6.08 Å². The third kappa shape index (κ3) is 7.93. The van der Waals surface area contributed by atoms with E-state index in [0.717, 1.165) is 16.7 Å². The number of hydrogen-bond acceptors (Lipinski definition) is 8. The van der Waals surface area contributed by atoms with Crippen molar-refractivity contribution in [1.82, 2.24) is 5.32 Å². The minimum Gasteiger partial charge on any atom is -0.497 e. The minimum absolute atomic E-state index is 0.0580. The third-order valence-corrected chi connectivity index (χ3v) is 7.90. The van der Waals surface area contributed by atoms with Gasteiger partial charge in [-0.2, -0.15) is 0 Å². The molecule has 0 aliphatic carbocycles. The molecule has 5 rings (SSSR count). The van der Waals surface area contributed by atoms with Crippen molar-refractivity contribution in [3.63, 3.8) is 0 Å². The van der Waals surface area contributed by atoms with E-state index in [1.165, 1.54) is 0 Å². The molecule has 9 nitrogen and oxygen atoms in total. The van der Waals surface area contributed by atoms with Gasteiger partial charge in [-0.15, -0.1) is 0 Å². The van der Waals surface area contributed by atoms with E-state index < -0.39 is 11.6 Å². The number of hydrogen-bond donors (Lipinski definition) is 2. The summed E-state index contributed by atoms with van der Waals surface area (Å²) in [5.41, 5.74) is 1.87. The van der Waals surface area contributed by atoms with Crippen molar-refractivity contribution in [2.24, 2.45) is 4.99 Å². The number of ether oxygens (including phenoxy) is 5. The molecule has 1 amide bonds. The number of carbonyl (C=O) groups is 1. The highest BCUT2D eigenvalue weighted by Crippen LogP contribution is 2.44. The average molecular weight is 637 g/mol. The SMILES string of the molecule is COc1cccc([C@H]2OC(c3ccc(OCCCO)cc3)=N[C@@]2(C/C=C/c2ccccc2)C(=O)NCc2ccc(OC)cc2OC)c1. The van der Waals surface area contributed by atoms with Crippen LogP contribution < -0.4 is 24.3 Å². The molecule has 0 fully saturated rings. The first-order chi connectivity index (χ1) is 23.0. The maximum absolute atomic E-state index is 14.6. The Kier molecular flexibility index (Phi) is 11.1. The molecule has 0 aromatic heterocycles. The number of rotatable bonds is 15. The summed E-state index contributed by atoms with van der Waals surface area (Å²) in [6.45, 7) is 0.662. The van der Waals surface area contributed by atoms with Gasteiger partial charge in [0.25, 0.3) is 5.91 Å². The lowest BCUT2D eigenvalue weighted by atomic mass is 9.84. The Hall–Kier alpha value is -5.28. The quantitative estimate of drug-likeness (QED) is 0.151. The predicted molar refractivity (Wildman–Crippen MR) is 181 cm³/mol. The van der Waals surface area contributed by atoms with Crippen molar-refractivity contribution in [3.05, 3.63) is 125 Å². The average Bonchev–Trinajstić information content (AvgIpc) is 3.52. The lowest BCUT2D eigenvalue weighted by Crippen LogP contribution is -2.47. The van der Waals surface area contributed by atoms with Crippen molar-refractivity contribution in [3.8, 4) is 23.0 Å². The molecule has 0 bridgehead atoms. The highest BCUT2D eigenvalue weighted by Gasteiger charge is 2.52. The molecule has 2 N–H and O–H groups in total. The second-order valence-electron chi connectivity index (χ2n) is 10.9. The molecular weight excluding hydrogens is 596 g/mol. The topological polar surface area (TPSA) is 108 Å². The van der Waals surface area contributed by atoms with E-state index in [1.807, 2.05) is 103 Å². The Bertz CT molecular complexity index is 1690. The lowest BCUT2D eigenvalue weighted by Gasteiger charge is -2.30. The van der Waals surface area contributed by atoms with Gasteiger partial charge in [-0.25, -0.2) is 4.99 Å². The molecule has 4 aromatic rings. The van der Waals surface area contributed by atoms with Crippen LogP contribution in [0, 0.1) is 0 Å². The molecular formula is C38H40N2O7. The summed E-state index contributed by atoms with van der Waals surface area (Å²) in [5, 5.41) is 12.2. The Labute approximate surface area is 275 Å². The molecule has 1 aliphatic heterocycles. The van der Waals surface area contributed by atoms with Crippen LogP contribution in [-0.2, 0) is 16.1 Å². The van der Waals surface area contributed by atoms with E-state index in [4.69, 9.17) is 33.8 Å². The molecule has 0 saturated heterocycles. The van der Waals surface area contributed by atoms with Crippen LogP contribution >= 0.6 is 0 Å². The van der Waals surface area contributed by atoms with Crippen LogP contribution in [0.2, 0.25) is 0 Å². The fraction of sp³-hybridized carbons (Fsp3) is 0.263. The van der Waals surface area contributed by atoms with Crippen molar-refractivity contribution in [2.45, 2.75) is 31.0 Å². The Morgan fingerprint density at radius 2 is 1.64 bits per heavy atom. The monoisotopic (exact) mass is 636 g/mol. The van der Waals surface area contributed by atoms with Gasteiger partial charge < -0.3 is 34.1 Å². The Morgan fingerprint density at radius 1 is 0.894 bits per heavy atom. The van der Waals surface area contributed by atoms with Gasteiger partial charge in [0.05, 0.1) is 27.9 Å². The molecule has 9 heteroatoms. The molecule has 0 spiro atoms. The van der Waals surface area contributed by atoms with Crippen molar-refractivity contribution in [2.75, 3.05) is 34.5 Å². The summed E-state index contributed by atoms with van der Waals surface area (Å²) >= 11 is 0. The highest BCUT2D eigenvalue weighted by atomic mass is 16.5. The number of carbonyl (C=O) groups excluding carboxylic acids is 1. The van der Waals surface area contributed by atoms with Crippen molar-refractivity contribution < 1.29 is 33.6 Å². The van der Waals surface area contributed by atoms with Crippen LogP contribution in [0.4, 0.5) is 0 Å². The number of methoxy groups -OCH3 is 3. The summed E-state index contributed by atoms with van der Waals surface area (Å²) < 4.78 is 28.8. The zero-order chi connectivity index (χ0) is 33.1. The van der Waals surface area contributed by atoms with E-state index in [1.54, 1.807) is 27.4 Å². The number of aliphatic hydroxyl groups is 1. The molecule has 1 heterocycles. The fourth-order valence-electron chi connectivity index (χ4n) is 5.39.